The molecule has 0 atom stereocenters. The highest BCUT2D eigenvalue weighted by atomic mass is 28.4. The molecule has 1 aromatic rings. The predicted octanol–water partition coefficient (Wildman–Crippen LogP) is 3.92. The molecular weight excluding hydrogens is 264 g/mol. The molecule has 0 saturated carbocycles. The number of amides is 2. The lowest BCUT2D eigenvalue weighted by Crippen LogP contribution is -2.27. The molecule has 2 amide bonds. The fourth-order valence-electron chi connectivity index (χ4n) is 1.09. The number of hydrogen-bond donors (Lipinski definition) is 0. The normalized spacial score (nSPS) is 11.4. The summed E-state index contributed by atoms with van der Waals surface area (Å²) in [4.78, 5) is 22.5. The van der Waals surface area contributed by atoms with E-state index in [0.29, 0.717) is 5.75 Å². The van der Waals surface area contributed by atoms with Gasteiger partial charge in [-0.1, -0.05) is 27.9 Å². The monoisotopic (exact) mass is 280 g/mol. The highest BCUT2D eigenvalue weighted by Gasteiger charge is 2.19. The van der Waals surface area contributed by atoms with Crippen LogP contribution < -0.4 is 4.74 Å². The van der Waals surface area contributed by atoms with Crippen LogP contribution in [0.25, 0.3) is 0 Å². The summed E-state index contributed by atoms with van der Waals surface area (Å²) in [7, 11) is -2.03. The lowest BCUT2D eigenvalue weighted by Gasteiger charge is -2.13. The fraction of sp³-hybridized carbons (Fsp3) is 0.333. The molecular formula is C12H16N2O4Si. The summed E-state index contributed by atoms with van der Waals surface area (Å²) >= 11 is 0. The Bertz CT molecular complexity index is 491. The van der Waals surface area contributed by atoms with Crippen molar-refractivity contribution in [2.75, 3.05) is 0 Å². The first-order valence-corrected chi connectivity index (χ1v) is 9.10. The molecule has 6 nitrogen and oxygen atoms in total. The Kier molecular flexibility index (Phi) is 4.93. The molecule has 0 saturated heterocycles. The Morgan fingerprint density at radius 1 is 1.00 bits per heavy atom. The van der Waals surface area contributed by atoms with Gasteiger partial charge in [0.1, 0.15) is 5.75 Å². The summed E-state index contributed by atoms with van der Waals surface area (Å²) in [5.41, 5.74) is 1.04. The van der Waals surface area contributed by atoms with E-state index in [4.69, 9.17) is 9.16 Å². The maximum atomic E-state index is 11.3. The molecule has 0 heterocycles. The highest BCUT2D eigenvalue weighted by Crippen LogP contribution is 2.12. The van der Waals surface area contributed by atoms with Gasteiger partial charge in [0.25, 0.3) is 0 Å². The zero-order valence-corrected chi connectivity index (χ0v) is 12.3. The molecule has 0 aromatic heterocycles. The van der Waals surface area contributed by atoms with E-state index in [0.717, 1.165) is 5.56 Å². The highest BCUT2D eigenvalue weighted by molar-refractivity contribution is 6.71. The van der Waals surface area contributed by atoms with Gasteiger partial charge < -0.3 is 9.16 Å². The van der Waals surface area contributed by atoms with E-state index in [1.165, 1.54) is 0 Å². The topological polar surface area (TPSA) is 77.3 Å². The third-order valence-corrected chi connectivity index (χ3v) is 2.62. The van der Waals surface area contributed by atoms with E-state index in [-0.39, 0.29) is 0 Å². The summed E-state index contributed by atoms with van der Waals surface area (Å²) in [5, 5.41) is 6.28. The fourth-order valence-corrected chi connectivity index (χ4v) is 1.66. The van der Waals surface area contributed by atoms with E-state index >= 15 is 0 Å². The van der Waals surface area contributed by atoms with E-state index in [1.807, 2.05) is 26.6 Å². The van der Waals surface area contributed by atoms with Crippen LogP contribution in [0.4, 0.5) is 9.59 Å². The van der Waals surface area contributed by atoms with Gasteiger partial charge in [0.05, 0.1) is 0 Å². The van der Waals surface area contributed by atoms with Gasteiger partial charge in [-0.25, -0.2) is 9.59 Å². The van der Waals surface area contributed by atoms with Crippen LogP contribution in [-0.2, 0) is 4.43 Å². The van der Waals surface area contributed by atoms with Crippen molar-refractivity contribution in [1.82, 2.24) is 0 Å². The van der Waals surface area contributed by atoms with Gasteiger partial charge in [-0.3, -0.25) is 0 Å². The van der Waals surface area contributed by atoms with Crippen LogP contribution in [0.1, 0.15) is 5.56 Å². The number of azo groups is 1. The number of carbonyl (C=O) groups excluding carboxylic acids is 2. The average Bonchev–Trinajstić information content (AvgIpc) is 2.27. The molecule has 102 valence electrons. The number of benzene rings is 1. The Balaban J connectivity index is 2.51. The van der Waals surface area contributed by atoms with Crippen LogP contribution in [0.5, 0.6) is 5.75 Å². The van der Waals surface area contributed by atoms with Gasteiger partial charge in [-0.05, 0) is 38.7 Å². The van der Waals surface area contributed by atoms with E-state index in [1.54, 1.807) is 24.3 Å². The predicted molar refractivity (Wildman–Crippen MR) is 71.9 cm³/mol. The number of nitrogens with zero attached hydrogens (tertiary/aromatic N) is 2. The van der Waals surface area contributed by atoms with Gasteiger partial charge in [0, 0.05) is 0 Å². The van der Waals surface area contributed by atoms with E-state index in [9.17, 15) is 9.59 Å². The van der Waals surface area contributed by atoms with Crippen molar-refractivity contribution in [3.63, 3.8) is 0 Å². The lowest BCUT2D eigenvalue weighted by molar-refractivity contribution is 0.199. The van der Waals surface area contributed by atoms with Crippen molar-refractivity contribution in [2.45, 2.75) is 26.6 Å². The number of aryl methyl sites for hydroxylation is 1. The lowest BCUT2D eigenvalue weighted by atomic mass is 10.2. The first-order chi connectivity index (χ1) is 8.76. The van der Waals surface area contributed by atoms with Gasteiger partial charge in [0.15, 0.2) is 0 Å². The van der Waals surface area contributed by atoms with Gasteiger partial charge in [0.2, 0.25) is 8.32 Å². The van der Waals surface area contributed by atoms with Gasteiger partial charge in [-0.2, -0.15) is 0 Å². The van der Waals surface area contributed by atoms with Crippen molar-refractivity contribution >= 4 is 20.5 Å². The summed E-state index contributed by atoms with van der Waals surface area (Å²) < 4.78 is 9.84. The molecule has 7 heteroatoms. The Morgan fingerprint density at radius 3 is 2.05 bits per heavy atom. The molecule has 0 fully saturated rings. The molecule has 0 spiro atoms. The Labute approximate surface area is 112 Å². The van der Waals surface area contributed by atoms with Crippen LogP contribution in [0.2, 0.25) is 19.6 Å². The van der Waals surface area contributed by atoms with E-state index in [2.05, 4.69) is 10.2 Å². The second kappa shape index (κ2) is 6.23. The molecule has 1 rings (SSSR count). The Hall–Kier alpha value is -2.02. The largest absolute Gasteiger partial charge is 0.502 e. The van der Waals surface area contributed by atoms with Gasteiger partial charge in [-0.15, -0.1) is 0 Å². The second-order valence-electron chi connectivity index (χ2n) is 4.86. The smallest absolute Gasteiger partial charge is 0.458 e. The van der Waals surface area contributed by atoms with Crippen molar-refractivity contribution in [1.29, 1.82) is 0 Å². The quantitative estimate of drug-likeness (QED) is 0.607. The minimum absolute atomic E-state index is 0.341. The SMILES string of the molecule is Cc1ccc(OC(=O)N=NC(=O)O[Si](C)(C)C)cc1. The van der Waals surface area contributed by atoms with Gasteiger partial charge >= 0.3 is 12.2 Å². The van der Waals surface area contributed by atoms with Crippen molar-refractivity contribution in [3.05, 3.63) is 29.8 Å². The molecule has 0 bridgehead atoms. The summed E-state index contributed by atoms with van der Waals surface area (Å²) in [5.74, 6) is 0.341. The first kappa shape index (κ1) is 15.0. The Morgan fingerprint density at radius 2 is 1.53 bits per heavy atom. The zero-order valence-electron chi connectivity index (χ0n) is 11.3. The molecule has 0 aliphatic rings. The maximum Gasteiger partial charge on any atom is 0.458 e. The third-order valence-electron chi connectivity index (χ3n) is 1.83. The second-order valence-corrected chi connectivity index (χ2v) is 9.29. The van der Waals surface area contributed by atoms with Crippen LogP contribution in [0.3, 0.4) is 0 Å². The number of rotatable bonds is 2. The molecule has 0 radical (unpaired) electrons. The zero-order chi connectivity index (χ0) is 14.5. The standard InChI is InChI=1S/C12H16N2O4Si/c1-9-5-7-10(8-6-9)17-11(15)13-14-12(16)18-19(2,3)4/h5-8H,1-4H3. The number of hydrogen-bond acceptors (Lipinski definition) is 4. The van der Waals surface area contributed by atoms with Crippen LogP contribution in [-0.4, -0.2) is 20.5 Å². The van der Waals surface area contributed by atoms with Crippen LogP contribution in [0, 0.1) is 6.92 Å². The summed E-state index contributed by atoms with van der Waals surface area (Å²) in [6.07, 6.45) is -1.84. The minimum atomic E-state index is -2.03. The summed E-state index contributed by atoms with van der Waals surface area (Å²) in [6, 6.07) is 6.84. The third kappa shape index (κ3) is 6.46. The number of carbonyl (C=O) groups is 2. The average molecular weight is 280 g/mol. The first-order valence-electron chi connectivity index (χ1n) is 5.69. The molecule has 0 aliphatic heterocycles. The summed E-state index contributed by atoms with van der Waals surface area (Å²) in [6.45, 7) is 7.39. The maximum absolute atomic E-state index is 11.3. The van der Waals surface area contributed by atoms with Crippen LogP contribution >= 0.6 is 0 Å². The number of ether oxygens (including phenoxy) is 1. The van der Waals surface area contributed by atoms with Crippen molar-refractivity contribution < 1.29 is 18.8 Å². The molecule has 0 unspecified atom stereocenters. The molecule has 1 aromatic carbocycles. The molecule has 0 aliphatic carbocycles. The van der Waals surface area contributed by atoms with Crippen molar-refractivity contribution in [3.8, 4) is 5.75 Å². The van der Waals surface area contributed by atoms with E-state index < -0.39 is 20.5 Å². The van der Waals surface area contributed by atoms with Crippen molar-refractivity contribution in [2.24, 2.45) is 10.2 Å². The molecule has 19 heavy (non-hydrogen) atoms. The minimum Gasteiger partial charge on any atom is -0.502 e. The molecule has 0 N–H and O–H groups in total. The van der Waals surface area contributed by atoms with Crippen LogP contribution in [0.15, 0.2) is 34.5 Å².